The van der Waals surface area contributed by atoms with Crippen LogP contribution in [-0.4, -0.2) is 24.0 Å². The van der Waals surface area contributed by atoms with E-state index in [-0.39, 0.29) is 0 Å². The first kappa shape index (κ1) is 16.4. The molecule has 2 aromatic carbocycles. The van der Waals surface area contributed by atoms with Crippen LogP contribution in [-0.2, 0) is 6.61 Å². The number of nitrogens with zero attached hydrogens (tertiary/aromatic N) is 1. The van der Waals surface area contributed by atoms with Gasteiger partial charge in [-0.25, -0.2) is 0 Å². The standard InChI is InChI=1S/C23H27NO/c1-2-7-20(8-3-1)18-25-22-13-11-19(12-14-22)17-21-9-4-5-10-23(21)24-15-6-16-24/h1-3,7-8,11-14,17,23H,4-6,9-10,15-16,18H2. The minimum Gasteiger partial charge on any atom is -0.489 e. The smallest absolute Gasteiger partial charge is 0.119 e. The molecule has 2 heteroatoms. The van der Waals surface area contributed by atoms with Crippen LogP contribution < -0.4 is 4.74 Å². The summed E-state index contributed by atoms with van der Waals surface area (Å²) in [6.45, 7) is 3.20. The highest BCUT2D eigenvalue weighted by Crippen LogP contribution is 2.32. The van der Waals surface area contributed by atoms with Gasteiger partial charge in [0.15, 0.2) is 0 Å². The van der Waals surface area contributed by atoms with E-state index in [0.29, 0.717) is 12.6 Å². The Balaban J connectivity index is 1.40. The predicted molar refractivity (Wildman–Crippen MR) is 104 cm³/mol. The van der Waals surface area contributed by atoms with Crippen LogP contribution in [0.3, 0.4) is 0 Å². The summed E-state index contributed by atoms with van der Waals surface area (Å²) >= 11 is 0. The molecule has 1 aliphatic carbocycles. The maximum atomic E-state index is 5.89. The molecule has 0 aromatic heterocycles. The second-order valence-corrected chi connectivity index (χ2v) is 7.21. The number of hydrogen-bond donors (Lipinski definition) is 0. The van der Waals surface area contributed by atoms with Gasteiger partial charge in [-0.05, 0) is 62.0 Å². The highest BCUT2D eigenvalue weighted by molar-refractivity contribution is 5.55. The van der Waals surface area contributed by atoms with E-state index < -0.39 is 0 Å². The van der Waals surface area contributed by atoms with Crippen molar-refractivity contribution in [2.45, 2.75) is 44.8 Å². The normalized spacial score (nSPS) is 22.6. The van der Waals surface area contributed by atoms with Crippen molar-refractivity contribution in [2.24, 2.45) is 0 Å². The molecule has 1 atom stereocenters. The first-order valence-electron chi connectivity index (χ1n) is 9.60. The Morgan fingerprint density at radius 2 is 1.72 bits per heavy atom. The zero-order valence-electron chi connectivity index (χ0n) is 14.9. The highest BCUT2D eigenvalue weighted by atomic mass is 16.5. The lowest BCUT2D eigenvalue weighted by Gasteiger charge is -2.42. The van der Waals surface area contributed by atoms with Crippen molar-refractivity contribution in [3.63, 3.8) is 0 Å². The molecule has 2 nitrogen and oxygen atoms in total. The predicted octanol–water partition coefficient (Wildman–Crippen LogP) is 5.30. The molecule has 0 bridgehead atoms. The van der Waals surface area contributed by atoms with Crippen LogP contribution >= 0.6 is 0 Å². The molecule has 2 aromatic rings. The van der Waals surface area contributed by atoms with Crippen molar-refractivity contribution >= 4 is 6.08 Å². The number of hydrogen-bond acceptors (Lipinski definition) is 2. The summed E-state index contributed by atoms with van der Waals surface area (Å²) in [5, 5.41) is 0. The Morgan fingerprint density at radius 1 is 0.920 bits per heavy atom. The number of rotatable bonds is 5. The molecule has 0 radical (unpaired) electrons. The van der Waals surface area contributed by atoms with E-state index in [1.54, 1.807) is 5.57 Å². The van der Waals surface area contributed by atoms with E-state index in [1.165, 1.54) is 56.3 Å². The van der Waals surface area contributed by atoms with Crippen molar-refractivity contribution in [1.82, 2.24) is 4.90 Å². The zero-order valence-corrected chi connectivity index (χ0v) is 14.9. The van der Waals surface area contributed by atoms with E-state index in [0.717, 1.165) is 5.75 Å². The summed E-state index contributed by atoms with van der Waals surface area (Å²) in [4.78, 5) is 2.66. The molecular formula is C23H27NO. The van der Waals surface area contributed by atoms with Crippen molar-refractivity contribution in [3.8, 4) is 5.75 Å². The summed E-state index contributed by atoms with van der Waals surface area (Å²) in [5.74, 6) is 0.939. The molecule has 130 valence electrons. The molecule has 1 heterocycles. The van der Waals surface area contributed by atoms with E-state index in [4.69, 9.17) is 4.74 Å². The quantitative estimate of drug-likeness (QED) is 0.736. The van der Waals surface area contributed by atoms with Gasteiger partial charge in [0.1, 0.15) is 12.4 Å². The Morgan fingerprint density at radius 3 is 2.44 bits per heavy atom. The van der Waals surface area contributed by atoms with Crippen LogP contribution in [0, 0.1) is 0 Å². The SMILES string of the molecule is C(=C1CCCCC1N1CCC1)c1ccc(OCc2ccccc2)cc1. The van der Waals surface area contributed by atoms with E-state index in [1.807, 2.05) is 18.2 Å². The van der Waals surface area contributed by atoms with Crippen LogP contribution in [0.15, 0.2) is 60.2 Å². The van der Waals surface area contributed by atoms with E-state index >= 15 is 0 Å². The molecule has 0 amide bonds. The lowest BCUT2D eigenvalue weighted by Crippen LogP contribution is -2.46. The summed E-state index contributed by atoms with van der Waals surface area (Å²) in [7, 11) is 0. The number of ether oxygens (including phenoxy) is 1. The molecule has 1 aliphatic heterocycles. The minimum absolute atomic E-state index is 0.623. The van der Waals surface area contributed by atoms with E-state index in [9.17, 15) is 0 Å². The third-order valence-corrected chi connectivity index (χ3v) is 5.43. The van der Waals surface area contributed by atoms with Gasteiger partial charge in [-0.1, -0.05) is 60.5 Å². The maximum Gasteiger partial charge on any atom is 0.119 e. The third-order valence-electron chi connectivity index (χ3n) is 5.43. The zero-order chi connectivity index (χ0) is 16.9. The summed E-state index contributed by atoms with van der Waals surface area (Å²) < 4.78 is 5.89. The van der Waals surface area contributed by atoms with E-state index in [2.05, 4.69) is 47.4 Å². The van der Waals surface area contributed by atoms with Gasteiger partial charge < -0.3 is 4.74 Å². The Hall–Kier alpha value is -2.06. The molecule has 1 unspecified atom stereocenters. The topological polar surface area (TPSA) is 12.5 Å². The van der Waals surface area contributed by atoms with Gasteiger partial charge in [-0.15, -0.1) is 0 Å². The third kappa shape index (κ3) is 4.13. The van der Waals surface area contributed by atoms with Gasteiger partial charge >= 0.3 is 0 Å². The maximum absolute atomic E-state index is 5.89. The lowest BCUT2D eigenvalue weighted by atomic mass is 9.86. The molecule has 0 N–H and O–H groups in total. The second-order valence-electron chi connectivity index (χ2n) is 7.21. The van der Waals surface area contributed by atoms with Crippen LogP contribution in [0.2, 0.25) is 0 Å². The van der Waals surface area contributed by atoms with Gasteiger partial charge in [-0.2, -0.15) is 0 Å². The number of likely N-dealkylation sites (tertiary alicyclic amines) is 1. The van der Waals surface area contributed by atoms with Crippen molar-refractivity contribution in [3.05, 3.63) is 71.3 Å². The molecule has 0 spiro atoms. The average molecular weight is 333 g/mol. The van der Waals surface area contributed by atoms with Gasteiger partial charge in [0, 0.05) is 6.04 Å². The van der Waals surface area contributed by atoms with Crippen LogP contribution in [0.25, 0.3) is 6.08 Å². The Kier molecular flexibility index (Phi) is 5.17. The van der Waals surface area contributed by atoms with Gasteiger partial charge in [0.05, 0.1) is 0 Å². The Bertz CT molecular complexity index is 701. The minimum atomic E-state index is 0.623. The molecule has 4 rings (SSSR count). The fraction of sp³-hybridized carbons (Fsp3) is 0.391. The summed E-state index contributed by atoms with van der Waals surface area (Å²) in [6.07, 6.45) is 9.11. The first-order chi connectivity index (χ1) is 12.4. The highest BCUT2D eigenvalue weighted by Gasteiger charge is 2.28. The number of benzene rings is 2. The monoisotopic (exact) mass is 333 g/mol. The Labute approximate surface area is 151 Å². The second kappa shape index (κ2) is 7.88. The molecular weight excluding hydrogens is 306 g/mol. The van der Waals surface area contributed by atoms with Gasteiger partial charge in [-0.3, -0.25) is 4.90 Å². The molecule has 1 saturated carbocycles. The van der Waals surface area contributed by atoms with Crippen molar-refractivity contribution in [1.29, 1.82) is 0 Å². The lowest BCUT2D eigenvalue weighted by molar-refractivity contribution is 0.121. The van der Waals surface area contributed by atoms with Crippen LogP contribution in [0.5, 0.6) is 5.75 Å². The fourth-order valence-electron chi connectivity index (χ4n) is 3.87. The molecule has 2 aliphatic rings. The fourth-order valence-corrected chi connectivity index (χ4v) is 3.87. The summed E-state index contributed by atoms with van der Waals surface area (Å²) in [5.41, 5.74) is 4.13. The van der Waals surface area contributed by atoms with Gasteiger partial charge in [0.2, 0.25) is 0 Å². The van der Waals surface area contributed by atoms with Crippen LogP contribution in [0.1, 0.15) is 43.2 Å². The van der Waals surface area contributed by atoms with Crippen molar-refractivity contribution in [2.75, 3.05) is 13.1 Å². The van der Waals surface area contributed by atoms with Gasteiger partial charge in [0.25, 0.3) is 0 Å². The molecule has 25 heavy (non-hydrogen) atoms. The molecule has 1 saturated heterocycles. The summed E-state index contributed by atoms with van der Waals surface area (Å²) in [6, 6.07) is 19.6. The van der Waals surface area contributed by atoms with Crippen LogP contribution in [0.4, 0.5) is 0 Å². The largest absolute Gasteiger partial charge is 0.489 e. The average Bonchev–Trinajstić information content (AvgIpc) is 2.62. The van der Waals surface area contributed by atoms with Crippen molar-refractivity contribution < 1.29 is 4.74 Å². The first-order valence-corrected chi connectivity index (χ1v) is 9.60. The molecule has 2 fully saturated rings.